The van der Waals surface area contributed by atoms with Gasteiger partial charge in [0.2, 0.25) is 15.9 Å². The van der Waals surface area contributed by atoms with Crippen molar-refractivity contribution in [2.45, 2.75) is 58.0 Å². The Morgan fingerprint density at radius 2 is 1.90 bits per heavy atom. The molecule has 1 rings (SSSR count). The van der Waals surface area contributed by atoms with Crippen LogP contribution in [0.4, 0.5) is 0 Å². The number of carbonyl (C=O) groups excluding carboxylic acids is 1. The molecule has 1 amide bonds. The third-order valence-electron chi connectivity index (χ3n) is 3.99. The van der Waals surface area contributed by atoms with Crippen molar-refractivity contribution in [3.8, 4) is 0 Å². The predicted molar refractivity (Wildman–Crippen MR) is 88.9 cm³/mol. The SMILES string of the molecule is CCS(=O)(=O)NC(CCSC)C(=O)NC1CCC(C)CC1. The monoisotopic (exact) mass is 336 g/mol. The van der Waals surface area contributed by atoms with Crippen molar-refractivity contribution < 1.29 is 13.2 Å². The summed E-state index contributed by atoms with van der Waals surface area (Å²) in [5.41, 5.74) is 0. The molecule has 1 atom stereocenters. The molecule has 21 heavy (non-hydrogen) atoms. The molecule has 5 nitrogen and oxygen atoms in total. The number of rotatable bonds is 8. The molecule has 1 unspecified atom stereocenters. The first-order valence-electron chi connectivity index (χ1n) is 7.67. The number of nitrogens with one attached hydrogen (secondary N) is 2. The van der Waals surface area contributed by atoms with E-state index in [4.69, 9.17) is 0 Å². The quantitative estimate of drug-likeness (QED) is 0.708. The van der Waals surface area contributed by atoms with Gasteiger partial charge in [-0.2, -0.15) is 11.8 Å². The molecular formula is C14H28N2O3S2. The lowest BCUT2D eigenvalue weighted by Gasteiger charge is -2.28. The molecule has 2 N–H and O–H groups in total. The van der Waals surface area contributed by atoms with Gasteiger partial charge < -0.3 is 5.32 Å². The Labute approximate surface area is 133 Å². The molecule has 0 bridgehead atoms. The molecule has 0 saturated heterocycles. The van der Waals surface area contributed by atoms with Gasteiger partial charge in [0.1, 0.15) is 6.04 Å². The Morgan fingerprint density at radius 3 is 2.43 bits per heavy atom. The molecule has 0 spiro atoms. The van der Waals surface area contributed by atoms with E-state index in [9.17, 15) is 13.2 Å². The van der Waals surface area contributed by atoms with Crippen molar-refractivity contribution in [3.05, 3.63) is 0 Å². The fourth-order valence-corrected chi connectivity index (χ4v) is 3.78. The van der Waals surface area contributed by atoms with Crippen molar-refractivity contribution in [2.75, 3.05) is 17.8 Å². The molecule has 1 fully saturated rings. The fraction of sp³-hybridized carbons (Fsp3) is 0.929. The zero-order valence-corrected chi connectivity index (χ0v) is 14.9. The normalized spacial score (nSPS) is 24.5. The molecule has 0 aromatic heterocycles. The van der Waals surface area contributed by atoms with E-state index in [1.807, 2.05) is 6.26 Å². The van der Waals surface area contributed by atoms with Crippen LogP contribution in [0.15, 0.2) is 0 Å². The Hall–Kier alpha value is -0.270. The van der Waals surface area contributed by atoms with E-state index < -0.39 is 16.1 Å². The molecular weight excluding hydrogens is 308 g/mol. The van der Waals surface area contributed by atoms with Gasteiger partial charge in [-0.15, -0.1) is 0 Å². The molecule has 0 aliphatic heterocycles. The molecule has 7 heteroatoms. The van der Waals surface area contributed by atoms with Crippen LogP contribution < -0.4 is 10.0 Å². The van der Waals surface area contributed by atoms with E-state index in [1.165, 1.54) is 0 Å². The molecule has 0 aromatic carbocycles. The van der Waals surface area contributed by atoms with Crippen molar-refractivity contribution in [2.24, 2.45) is 5.92 Å². The maximum Gasteiger partial charge on any atom is 0.238 e. The second kappa shape index (κ2) is 9.00. The number of carbonyl (C=O) groups is 1. The minimum atomic E-state index is -3.36. The lowest BCUT2D eigenvalue weighted by molar-refractivity contribution is -0.123. The fourth-order valence-electron chi connectivity index (χ4n) is 2.49. The number of sulfonamides is 1. The lowest BCUT2D eigenvalue weighted by atomic mass is 9.87. The van der Waals surface area contributed by atoms with Crippen LogP contribution >= 0.6 is 11.8 Å². The zero-order chi connectivity index (χ0) is 15.9. The number of amides is 1. The van der Waals surface area contributed by atoms with E-state index >= 15 is 0 Å². The molecule has 124 valence electrons. The zero-order valence-electron chi connectivity index (χ0n) is 13.2. The number of hydrogen-bond acceptors (Lipinski definition) is 4. The Kier molecular flexibility index (Phi) is 8.05. The Bertz CT molecular complexity index is 418. The minimum absolute atomic E-state index is 0.00298. The number of hydrogen-bond donors (Lipinski definition) is 2. The van der Waals surface area contributed by atoms with Gasteiger partial charge in [0.25, 0.3) is 0 Å². The third-order valence-corrected chi connectivity index (χ3v) is 6.04. The molecule has 1 saturated carbocycles. The Balaban J connectivity index is 2.58. The molecule has 0 aromatic rings. The first-order chi connectivity index (χ1) is 9.88. The highest BCUT2D eigenvalue weighted by atomic mass is 32.2. The van der Waals surface area contributed by atoms with Crippen molar-refractivity contribution in [1.29, 1.82) is 0 Å². The predicted octanol–water partition coefficient (Wildman–Crippen LogP) is 1.74. The summed E-state index contributed by atoms with van der Waals surface area (Å²) in [6, 6.07) is -0.460. The summed E-state index contributed by atoms with van der Waals surface area (Å²) in [7, 11) is -3.36. The van der Waals surface area contributed by atoms with Crippen molar-refractivity contribution in [1.82, 2.24) is 10.0 Å². The van der Waals surface area contributed by atoms with Crippen LogP contribution in [-0.2, 0) is 14.8 Å². The van der Waals surface area contributed by atoms with Gasteiger partial charge in [-0.25, -0.2) is 13.1 Å². The average Bonchev–Trinajstić information content (AvgIpc) is 2.45. The van der Waals surface area contributed by atoms with E-state index in [0.29, 0.717) is 6.42 Å². The standard InChI is InChI=1S/C14H28N2O3S2/c1-4-21(18,19)16-13(9-10-20-3)14(17)15-12-7-5-11(2)6-8-12/h11-13,16H,4-10H2,1-3H3,(H,15,17). The summed E-state index contributed by atoms with van der Waals surface area (Å²) in [6.07, 6.45) is 6.70. The number of thioether (sulfide) groups is 1. The van der Waals surface area contributed by atoms with Gasteiger partial charge in [0, 0.05) is 6.04 Å². The van der Waals surface area contributed by atoms with Crippen LogP contribution in [0, 0.1) is 5.92 Å². The second-order valence-corrected chi connectivity index (χ2v) is 8.85. The van der Waals surface area contributed by atoms with Crippen LogP contribution in [0.3, 0.4) is 0 Å². The smallest absolute Gasteiger partial charge is 0.238 e. The van der Waals surface area contributed by atoms with Gasteiger partial charge in [0.15, 0.2) is 0 Å². The van der Waals surface area contributed by atoms with Gasteiger partial charge in [-0.05, 0) is 57.0 Å². The summed E-state index contributed by atoms with van der Waals surface area (Å²) in [5, 5.41) is 3.02. The topological polar surface area (TPSA) is 75.3 Å². The van der Waals surface area contributed by atoms with Crippen LogP contribution in [0.2, 0.25) is 0 Å². The van der Waals surface area contributed by atoms with Gasteiger partial charge in [-0.3, -0.25) is 4.79 Å². The van der Waals surface area contributed by atoms with E-state index in [0.717, 1.165) is 37.4 Å². The molecule has 0 heterocycles. The van der Waals surface area contributed by atoms with Gasteiger partial charge in [0.05, 0.1) is 5.75 Å². The highest BCUT2D eigenvalue weighted by Gasteiger charge is 2.26. The maximum atomic E-state index is 12.3. The van der Waals surface area contributed by atoms with E-state index in [-0.39, 0.29) is 17.7 Å². The summed E-state index contributed by atoms with van der Waals surface area (Å²) in [6.45, 7) is 3.81. The minimum Gasteiger partial charge on any atom is -0.352 e. The van der Waals surface area contributed by atoms with Crippen molar-refractivity contribution in [3.63, 3.8) is 0 Å². The summed E-state index contributed by atoms with van der Waals surface area (Å²) in [4.78, 5) is 12.3. The highest BCUT2D eigenvalue weighted by Crippen LogP contribution is 2.23. The maximum absolute atomic E-state index is 12.3. The van der Waals surface area contributed by atoms with E-state index in [2.05, 4.69) is 17.0 Å². The Morgan fingerprint density at radius 1 is 1.29 bits per heavy atom. The first kappa shape index (κ1) is 18.8. The summed E-state index contributed by atoms with van der Waals surface area (Å²) in [5.74, 6) is 1.30. The molecule has 1 aliphatic carbocycles. The summed E-state index contributed by atoms with van der Waals surface area (Å²) < 4.78 is 26.0. The highest BCUT2D eigenvalue weighted by molar-refractivity contribution is 7.98. The second-order valence-electron chi connectivity index (χ2n) is 5.82. The molecule has 0 radical (unpaired) electrons. The van der Waals surface area contributed by atoms with E-state index in [1.54, 1.807) is 18.7 Å². The van der Waals surface area contributed by atoms with Gasteiger partial charge in [-0.1, -0.05) is 6.92 Å². The first-order valence-corrected chi connectivity index (χ1v) is 10.7. The average molecular weight is 337 g/mol. The van der Waals surface area contributed by atoms with Crippen LogP contribution in [-0.4, -0.2) is 44.2 Å². The van der Waals surface area contributed by atoms with Crippen LogP contribution in [0.5, 0.6) is 0 Å². The van der Waals surface area contributed by atoms with Crippen LogP contribution in [0.1, 0.15) is 46.0 Å². The summed E-state index contributed by atoms with van der Waals surface area (Å²) >= 11 is 1.61. The van der Waals surface area contributed by atoms with Gasteiger partial charge >= 0.3 is 0 Å². The van der Waals surface area contributed by atoms with Crippen molar-refractivity contribution >= 4 is 27.7 Å². The van der Waals surface area contributed by atoms with Crippen LogP contribution in [0.25, 0.3) is 0 Å². The molecule has 1 aliphatic rings. The lowest BCUT2D eigenvalue weighted by Crippen LogP contribution is -2.50. The third kappa shape index (κ3) is 7.02. The largest absolute Gasteiger partial charge is 0.352 e.